The van der Waals surface area contributed by atoms with Crippen LogP contribution in [0.1, 0.15) is 30.0 Å². The lowest BCUT2D eigenvalue weighted by atomic mass is 9.70. The van der Waals surface area contributed by atoms with Gasteiger partial charge in [-0.15, -0.1) is 0 Å². The van der Waals surface area contributed by atoms with E-state index in [1.165, 1.54) is 0 Å². The molecular weight excluding hydrogens is 306 g/mol. The minimum atomic E-state index is -0.770. The molecule has 1 aliphatic rings. The standard InChI is InChI=1S/C23H21NO/c1-2-17-24-21-16-10-9-15-20(21)23(22(24)25,18-11-5-3-6-12-18)19-13-7-4-8-14-19/h3-16H,2,17H2,1H3. The van der Waals surface area contributed by atoms with E-state index < -0.39 is 5.41 Å². The first-order chi connectivity index (χ1) is 12.3. The van der Waals surface area contributed by atoms with Gasteiger partial charge in [-0.2, -0.15) is 0 Å². The van der Waals surface area contributed by atoms with Gasteiger partial charge in [0, 0.05) is 17.8 Å². The molecule has 0 fully saturated rings. The smallest absolute Gasteiger partial charge is 0.246 e. The normalized spacial score (nSPS) is 15.2. The van der Waals surface area contributed by atoms with Crippen molar-refractivity contribution in [2.24, 2.45) is 0 Å². The first-order valence-electron chi connectivity index (χ1n) is 8.82. The van der Waals surface area contributed by atoms with Gasteiger partial charge in [0.1, 0.15) is 5.41 Å². The van der Waals surface area contributed by atoms with Crippen molar-refractivity contribution in [3.05, 3.63) is 102 Å². The summed E-state index contributed by atoms with van der Waals surface area (Å²) < 4.78 is 0. The SMILES string of the molecule is CCCN1C(=O)C(c2ccccc2)(c2ccccc2)c2ccccc21. The average Bonchev–Trinajstić information content (AvgIpc) is 2.93. The van der Waals surface area contributed by atoms with Crippen LogP contribution in [0.2, 0.25) is 0 Å². The number of amides is 1. The van der Waals surface area contributed by atoms with Crippen molar-refractivity contribution in [1.29, 1.82) is 0 Å². The van der Waals surface area contributed by atoms with Crippen LogP contribution >= 0.6 is 0 Å². The third kappa shape index (κ3) is 2.21. The van der Waals surface area contributed by atoms with Crippen LogP contribution < -0.4 is 4.90 Å². The molecule has 0 spiro atoms. The van der Waals surface area contributed by atoms with Crippen molar-refractivity contribution >= 4 is 11.6 Å². The van der Waals surface area contributed by atoms with Crippen LogP contribution in [0.15, 0.2) is 84.9 Å². The number of anilines is 1. The minimum absolute atomic E-state index is 0.146. The van der Waals surface area contributed by atoms with Crippen LogP contribution in [0.25, 0.3) is 0 Å². The van der Waals surface area contributed by atoms with Crippen LogP contribution in [0.4, 0.5) is 5.69 Å². The van der Waals surface area contributed by atoms with Crippen molar-refractivity contribution in [2.45, 2.75) is 18.8 Å². The highest BCUT2D eigenvalue weighted by Gasteiger charge is 2.52. The lowest BCUT2D eigenvalue weighted by Crippen LogP contribution is -2.42. The van der Waals surface area contributed by atoms with Crippen LogP contribution in [0.5, 0.6) is 0 Å². The molecule has 0 atom stereocenters. The van der Waals surface area contributed by atoms with E-state index in [9.17, 15) is 4.79 Å². The lowest BCUT2D eigenvalue weighted by molar-refractivity contribution is -0.120. The van der Waals surface area contributed by atoms with Gasteiger partial charge in [0.05, 0.1) is 0 Å². The molecule has 1 amide bonds. The molecule has 1 heterocycles. The zero-order chi connectivity index (χ0) is 17.3. The third-order valence-electron chi connectivity index (χ3n) is 5.03. The molecule has 0 saturated heterocycles. The van der Waals surface area contributed by atoms with E-state index in [-0.39, 0.29) is 5.91 Å². The predicted molar refractivity (Wildman–Crippen MR) is 102 cm³/mol. The molecular formula is C23H21NO. The van der Waals surface area contributed by atoms with E-state index in [2.05, 4.69) is 43.3 Å². The molecule has 2 nitrogen and oxygen atoms in total. The molecule has 4 rings (SSSR count). The van der Waals surface area contributed by atoms with Gasteiger partial charge >= 0.3 is 0 Å². The Bertz CT molecular complexity index is 847. The summed E-state index contributed by atoms with van der Waals surface area (Å²) in [6.07, 6.45) is 0.930. The number of carbonyl (C=O) groups excluding carboxylic acids is 1. The Morgan fingerprint density at radius 2 is 1.28 bits per heavy atom. The van der Waals surface area contributed by atoms with Crippen LogP contribution in [-0.2, 0) is 10.2 Å². The van der Waals surface area contributed by atoms with Gasteiger partial charge in [-0.05, 0) is 23.6 Å². The first-order valence-corrected chi connectivity index (χ1v) is 8.82. The second-order valence-corrected chi connectivity index (χ2v) is 6.46. The maximum absolute atomic E-state index is 13.8. The molecule has 0 N–H and O–H groups in total. The zero-order valence-electron chi connectivity index (χ0n) is 14.4. The molecule has 0 aromatic heterocycles. The van der Waals surface area contributed by atoms with Crippen molar-refractivity contribution < 1.29 is 4.79 Å². The molecule has 3 aromatic carbocycles. The Hall–Kier alpha value is -2.87. The summed E-state index contributed by atoms with van der Waals surface area (Å²) in [4.78, 5) is 15.8. The topological polar surface area (TPSA) is 20.3 Å². The highest BCUT2D eigenvalue weighted by molar-refractivity contribution is 6.12. The van der Waals surface area contributed by atoms with Crippen molar-refractivity contribution in [2.75, 3.05) is 11.4 Å². The second kappa shape index (κ2) is 6.21. The highest BCUT2D eigenvalue weighted by atomic mass is 16.2. The third-order valence-corrected chi connectivity index (χ3v) is 5.03. The number of para-hydroxylation sites is 1. The molecule has 3 aromatic rings. The van der Waals surface area contributed by atoms with Gasteiger partial charge in [0.2, 0.25) is 5.91 Å². The van der Waals surface area contributed by atoms with Crippen molar-refractivity contribution in [3.63, 3.8) is 0 Å². The van der Waals surface area contributed by atoms with Crippen molar-refractivity contribution in [1.82, 2.24) is 0 Å². The zero-order valence-corrected chi connectivity index (χ0v) is 14.4. The summed E-state index contributed by atoms with van der Waals surface area (Å²) >= 11 is 0. The Balaban J connectivity index is 2.07. The number of carbonyl (C=O) groups is 1. The molecule has 124 valence electrons. The molecule has 2 heteroatoms. The van der Waals surface area contributed by atoms with Crippen LogP contribution in [0, 0.1) is 0 Å². The summed E-state index contributed by atoms with van der Waals surface area (Å²) in [7, 11) is 0. The van der Waals surface area contributed by atoms with Gasteiger partial charge in [0.25, 0.3) is 0 Å². The Labute approximate surface area is 148 Å². The molecule has 1 aliphatic heterocycles. The largest absolute Gasteiger partial charge is 0.311 e. The summed E-state index contributed by atoms with van der Waals surface area (Å²) in [6.45, 7) is 2.85. The highest BCUT2D eigenvalue weighted by Crippen LogP contribution is 2.50. The number of fused-ring (bicyclic) bond motifs is 1. The fourth-order valence-corrected chi connectivity index (χ4v) is 4.00. The van der Waals surface area contributed by atoms with E-state index in [0.717, 1.165) is 35.3 Å². The first kappa shape index (κ1) is 15.6. The van der Waals surface area contributed by atoms with Crippen LogP contribution in [0.3, 0.4) is 0 Å². The number of hydrogen-bond acceptors (Lipinski definition) is 1. The molecule has 0 bridgehead atoms. The summed E-state index contributed by atoms with van der Waals surface area (Å²) in [5, 5.41) is 0. The van der Waals surface area contributed by atoms with Gasteiger partial charge < -0.3 is 4.90 Å². The summed E-state index contributed by atoms with van der Waals surface area (Å²) in [5.41, 5.74) is 3.39. The number of nitrogens with zero attached hydrogens (tertiary/aromatic N) is 1. The van der Waals surface area contributed by atoms with E-state index in [4.69, 9.17) is 0 Å². The second-order valence-electron chi connectivity index (χ2n) is 6.46. The fraction of sp³-hybridized carbons (Fsp3) is 0.174. The molecule has 0 radical (unpaired) electrons. The van der Waals surface area contributed by atoms with Gasteiger partial charge in [-0.3, -0.25) is 4.79 Å². The molecule has 25 heavy (non-hydrogen) atoms. The Kier molecular flexibility index (Phi) is 3.89. The average molecular weight is 327 g/mol. The quantitative estimate of drug-likeness (QED) is 0.675. The monoisotopic (exact) mass is 327 g/mol. The van der Waals surface area contributed by atoms with E-state index in [0.29, 0.717) is 0 Å². The van der Waals surface area contributed by atoms with Gasteiger partial charge in [-0.1, -0.05) is 85.8 Å². The van der Waals surface area contributed by atoms with E-state index in [1.54, 1.807) is 0 Å². The summed E-state index contributed by atoms with van der Waals surface area (Å²) in [5.74, 6) is 0.146. The number of rotatable bonds is 4. The number of hydrogen-bond donors (Lipinski definition) is 0. The molecule has 0 unspecified atom stereocenters. The van der Waals surface area contributed by atoms with Crippen LogP contribution in [-0.4, -0.2) is 12.5 Å². The van der Waals surface area contributed by atoms with Crippen molar-refractivity contribution in [3.8, 4) is 0 Å². The van der Waals surface area contributed by atoms with E-state index in [1.807, 2.05) is 53.4 Å². The Morgan fingerprint density at radius 3 is 1.84 bits per heavy atom. The predicted octanol–water partition coefficient (Wildman–Crippen LogP) is 4.78. The molecule has 0 saturated carbocycles. The maximum Gasteiger partial charge on any atom is 0.246 e. The minimum Gasteiger partial charge on any atom is -0.311 e. The maximum atomic E-state index is 13.8. The fourth-order valence-electron chi connectivity index (χ4n) is 4.00. The molecule has 0 aliphatic carbocycles. The lowest BCUT2D eigenvalue weighted by Gasteiger charge is -2.30. The Morgan fingerprint density at radius 1 is 0.760 bits per heavy atom. The van der Waals surface area contributed by atoms with Gasteiger partial charge in [0.15, 0.2) is 0 Å². The van der Waals surface area contributed by atoms with E-state index >= 15 is 0 Å². The van der Waals surface area contributed by atoms with Gasteiger partial charge in [-0.25, -0.2) is 0 Å². The summed E-state index contributed by atoms with van der Waals surface area (Å²) in [6, 6.07) is 28.5. The number of benzene rings is 3.